The number of amides is 2. The van der Waals surface area contributed by atoms with Crippen LogP contribution < -0.4 is 10.6 Å². The van der Waals surface area contributed by atoms with Gasteiger partial charge in [-0.3, -0.25) is 0 Å². The van der Waals surface area contributed by atoms with Gasteiger partial charge in [0.2, 0.25) is 0 Å². The van der Waals surface area contributed by atoms with Crippen LogP contribution in [0, 0.1) is 5.92 Å². The molecule has 1 saturated carbocycles. The fourth-order valence-corrected chi connectivity index (χ4v) is 1.65. The first-order valence-corrected chi connectivity index (χ1v) is 5.91. The number of para-hydroxylation sites is 1. The van der Waals surface area contributed by atoms with Crippen LogP contribution in [0.2, 0.25) is 0 Å². The molecule has 92 valence electrons. The van der Waals surface area contributed by atoms with Crippen molar-refractivity contribution in [3.05, 3.63) is 29.8 Å². The normalized spacial score (nSPS) is 14.4. The van der Waals surface area contributed by atoms with Crippen molar-refractivity contribution in [2.24, 2.45) is 5.92 Å². The minimum absolute atomic E-state index is 0.138. The molecule has 2 amide bonds. The Morgan fingerprint density at radius 2 is 2.18 bits per heavy atom. The quantitative estimate of drug-likeness (QED) is 0.821. The lowest BCUT2D eigenvalue weighted by atomic mass is 10.2. The highest BCUT2D eigenvalue weighted by Crippen LogP contribution is 2.27. The van der Waals surface area contributed by atoms with Crippen LogP contribution in [0.1, 0.15) is 18.4 Å². The van der Waals surface area contributed by atoms with E-state index in [1.54, 1.807) is 7.11 Å². The van der Waals surface area contributed by atoms with Crippen LogP contribution in [0.5, 0.6) is 0 Å². The van der Waals surface area contributed by atoms with Crippen LogP contribution in [0.3, 0.4) is 0 Å². The molecule has 0 aromatic heterocycles. The Hall–Kier alpha value is -1.55. The van der Waals surface area contributed by atoms with E-state index in [1.807, 2.05) is 24.3 Å². The van der Waals surface area contributed by atoms with Crippen LogP contribution in [-0.4, -0.2) is 19.7 Å². The lowest BCUT2D eigenvalue weighted by molar-refractivity contribution is 0.185. The molecule has 0 radical (unpaired) electrons. The summed E-state index contributed by atoms with van der Waals surface area (Å²) in [7, 11) is 1.64. The van der Waals surface area contributed by atoms with Gasteiger partial charge in [-0.05, 0) is 24.8 Å². The lowest BCUT2D eigenvalue weighted by Crippen LogP contribution is -2.30. The first-order chi connectivity index (χ1) is 8.29. The number of urea groups is 1. The molecule has 1 aliphatic rings. The molecule has 0 aliphatic heterocycles. The fraction of sp³-hybridized carbons (Fsp3) is 0.462. The third-order valence-corrected chi connectivity index (χ3v) is 2.81. The van der Waals surface area contributed by atoms with Gasteiger partial charge in [0.25, 0.3) is 0 Å². The molecule has 4 nitrogen and oxygen atoms in total. The van der Waals surface area contributed by atoms with Gasteiger partial charge >= 0.3 is 6.03 Å². The van der Waals surface area contributed by atoms with E-state index in [1.165, 1.54) is 12.8 Å². The summed E-state index contributed by atoms with van der Waals surface area (Å²) in [4.78, 5) is 11.6. The Morgan fingerprint density at radius 3 is 2.88 bits per heavy atom. The predicted octanol–water partition coefficient (Wildman–Crippen LogP) is 2.36. The van der Waals surface area contributed by atoms with E-state index >= 15 is 0 Å². The Bertz CT molecular complexity index is 389. The zero-order chi connectivity index (χ0) is 12.1. The van der Waals surface area contributed by atoms with Crippen molar-refractivity contribution in [1.82, 2.24) is 5.32 Å². The van der Waals surface area contributed by atoms with Crippen LogP contribution in [0.4, 0.5) is 10.5 Å². The number of hydrogen-bond acceptors (Lipinski definition) is 2. The Morgan fingerprint density at radius 1 is 1.41 bits per heavy atom. The molecular weight excluding hydrogens is 216 g/mol. The van der Waals surface area contributed by atoms with E-state index in [-0.39, 0.29) is 6.03 Å². The van der Waals surface area contributed by atoms with Gasteiger partial charge in [-0.25, -0.2) is 4.79 Å². The fourth-order valence-electron chi connectivity index (χ4n) is 1.65. The first-order valence-electron chi connectivity index (χ1n) is 5.91. The smallest absolute Gasteiger partial charge is 0.319 e. The van der Waals surface area contributed by atoms with E-state index in [4.69, 9.17) is 4.74 Å². The highest BCUT2D eigenvalue weighted by molar-refractivity contribution is 5.90. The van der Waals surface area contributed by atoms with Crippen molar-refractivity contribution in [2.45, 2.75) is 19.4 Å². The van der Waals surface area contributed by atoms with Gasteiger partial charge in [-0.15, -0.1) is 0 Å². The molecule has 1 fully saturated rings. The number of carbonyl (C=O) groups excluding carboxylic acids is 1. The zero-order valence-electron chi connectivity index (χ0n) is 10.0. The van der Waals surface area contributed by atoms with Gasteiger partial charge < -0.3 is 15.4 Å². The average Bonchev–Trinajstić information content (AvgIpc) is 3.13. The molecule has 0 bridgehead atoms. The van der Waals surface area contributed by atoms with E-state index in [9.17, 15) is 4.79 Å². The lowest BCUT2D eigenvalue weighted by Gasteiger charge is -2.11. The van der Waals surface area contributed by atoms with Crippen LogP contribution in [-0.2, 0) is 11.3 Å². The van der Waals surface area contributed by atoms with Gasteiger partial charge in [0.05, 0.1) is 6.61 Å². The van der Waals surface area contributed by atoms with E-state index in [0.29, 0.717) is 12.5 Å². The molecule has 0 atom stereocenters. The summed E-state index contributed by atoms with van der Waals surface area (Å²) in [5.41, 5.74) is 1.79. The van der Waals surface area contributed by atoms with Crippen molar-refractivity contribution in [2.75, 3.05) is 19.0 Å². The molecule has 1 aromatic carbocycles. The topological polar surface area (TPSA) is 50.4 Å². The monoisotopic (exact) mass is 234 g/mol. The van der Waals surface area contributed by atoms with Gasteiger partial charge in [0.15, 0.2) is 0 Å². The summed E-state index contributed by atoms with van der Waals surface area (Å²) in [5, 5.41) is 5.72. The number of methoxy groups -OCH3 is 1. The molecule has 0 spiro atoms. The number of anilines is 1. The Labute approximate surface area is 101 Å². The standard InChI is InChI=1S/C13H18N2O2/c1-17-9-11-4-2-3-5-12(11)15-13(16)14-8-10-6-7-10/h2-5,10H,6-9H2,1H3,(H2,14,15,16). The van der Waals surface area contributed by atoms with Gasteiger partial charge in [-0.2, -0.15) is 0 Å². The van der Waals surface area contributed by atoms with Crippen LogP contribution in [0.25, 0.3) is 0 Å². The van der Waals surface area contributed by atoms with E-state index in [2.05, 4.69) is 10.6 Å². The predicted molar refractivity (Wildman–Crippen MR) is 66.9 cm³/mol. The number of rotatable bonds is 5. The molecule has 2 rings (SSSR count). The Kier molecular flexibility index (Phi) is 3.98. The first kappa shape index (κ1) is 11.9. The number of nitrogens with one attached hydrogen (secondary N) is 2. The molecule has 0 unspecified atom stereocenters. The van der Waals surface area contributed by atoms with Crippen molar-refractivity contribution >= 4 is 11.7 Å². The minimum atomic E-state index is -0.138. The van der Waals surface area contributed by atoms with Crippen molar-refractivity contribution in [3.8, 4) is 0 Å². The van der Waals surface area contributed by atoms with Crippen molar-refractivity contribution in [3.63, 3.8) is 0 Å². The summed E-state index contributed by atoms with van der Waals surface area (Å²) in [6, 6.07) is 7.52. The van der Waals surface area contributed by atoms with E-state index < -0.39 is 0 Å². The molecule has 2 N–H and O–H groups in total. The molecule has 17 heavy (non-hydrogen) atoms. The summed E-state index contributed by atoms with van der Waals surface area (Å²) < 4.78 is 5.09. The van der Waals surface area contributed by atoms with Gasteiger partial charge in [0, 0.05) is 24.9 Å². The maximum atomic E-state index is 11.6. The summed E-state index contributed by atoms with van der Waals surface area (Å²) >= 11 is 0. The number of ether oxygens (including phenoxy) is 1. The zero-order valence-corrected chi connectivity index (χ0v) is 10.0. The van der Waals surface area contributed by atoms with Crippen molar-refractivity contribution < 1.29 is 9.53 Å². The third kappa shape index (κ3) is 3.75. The highest BCUT2D eigenvalue weighted by atomic mass is 16.5. The number of carbonyl (C=O) groups is 1. The second-order valence-electron chi connectivity index (χ2n) is 4.37. The molecule has 4 heteroatoms. The van der Waals surface area contributed by atoms with Gasteiger partial charge in [-0.1, -0.05) is 18.2 Å². The maximum Gasteiger partial charge on any atom is 0.319 e. The molecular formula is C13H18N2O2. The Balaban J connectivity index is 1.89. The maximum absolute atomic E-state index is 11.6. The summed E-state index contributed by atoms with van der Waals surface area (Å²) in [6.07, 6.45) is 2.47. The molecule has 1 aromatic rings. The summed E-state index contributed by atoms with van der Waals surface area (Å²) in [6.45, 7) is 1.28. The molecule has 1 aliphatic carbocycles. The van der Waals surface area contributed by atoms with Crippen LogP contribution in [0.15, 0.2) is 24.3 Å². The molecule has 0 saturated heterocycles. The number of benzene rings is 1. The summed E-state index contributed by atoms with van der Waals surface area (Å²) in [5.74, 6) is 0.690. The average molecular weight is 234 g/mol. The minimum Gasteiger partial charge on any atom is -0.380 e. The SMILES string of the molecule is COCc1ccccc1NC(=O)NCC1CC1. The van der Waals surface area contributed by atoms with Crippen LogP contribution >= 0.6 is 0 Å². The highest BCUT2D eigenvalue weighted by Gasteiger charge is 2.21. The molecule has 0 heterocycles. The van der Waals surface area contributed by atoms with E-state index in [0.717, 1.165) is 17.8 Å². The number of hydrogen-bond donors (Lipinski definition) is 2. The largest absolute Gasteiger partial charge is 0.380 e. The third-order valence-electron chi connectivity index (χ3n) is 2.81. The second kappa shape index (κ2) is 5.68. The second-order valence-corrected chi connectivity index (χ2v) is 4.37. The van der Waals surface area contributed by atoms with Gasteiger partial charge in [0.1, 0.15) is 0 Å². The van der Waals surface area contributed by atoms with Crippen molar-refractivity contribution in [1.29, 1.82) is 0 Å².